The lowest BCUT2D eigenvalue weighted by molar-refractivity contribution is 0.326. The minimum atomic E-state index is 0.559. The van der Waals surface area contributed by atoms with Crippen molar-refractivity contribution in [2.75, 3.05) is 13.1 Å². The number of hydrogen-bond donors (Lipinski definition) is 1. The van der Waals surface area contributed by atoms with E-state index in [9.17, 15) is 0 Å². The molecule has 2 aliphatic rings. The van der Waals surface area contributed by atoms with Crippen molar-refractivity contribution in [3.8, 4) is 0 Å². The highest BCUT2D eigenvalue weighted by molar-refractivity contribution is 5.18. The second-order valence-electron chi connectivity index (χ2n) is 4.47. The molecule has 0 radical (unpaired) electrons. The van der Waals surface area contributed by atoms with Gasteiger partial charge < -0.3 is 9.84 Å². The Balaban J connectivity index is 1.74. The molecule has 3 heteroatoms. The van der Waals surface area contributed by atoms with Crippen LogP contribution in [-0.4, -0.2) is 18.2 Å². The summed E-state index contributed by atoms with van der Waals surface area (Å²) in [5.74, 6) is 2.37. The largest absolute Gasteiger partial charge is 0.361 e. The molecule has 2 fully saturated rings. The first-order valence-corrected chi connectivity index (χ1v) is 5.61. The van der Waals surface area contributed by atoms with Gasteiger partial charge in [0.25, 0.3) is 0 Å². The minimum Gasteiger partial charge on any atom is -0.361 e. The van der Waals surface area contributed by atoms with E-state index < -0.39 is 0 Å². The highest BCUT2D eigenvalue weighted by atomic mass is 16.5. The normalized spacial score (nSPS) is 27.9. The van der Waals surface area contributed by atoms with Gasteiger partial charge in [-0.2, -0.15) is 0 Å². The maximum Gasteiger partial charge on any atom is 0.141 e. The van der Waals surface area contributed by atoms with Crippen LogP contribution in [0.25, 0.3) is 0 Å². The van der Waals surface area contributed by atoms with E-state index in [2.05, 4.69) is 16.5 Å². The molecule has 0 spiro atoms. The van der Waals surface area contributed by atoms with Crippen molar-refractivity contribution in [1.29, 1.82) is 0 Å². The summed E-state index contributed by atoms with van der Waals surface area (Å²) in [5.41, 5.74) is 1.19. The fourth-order valence-corrected chi connectivity index (χ4v) is 2.16. The van der Waals surface area contributed by atoms with Gasteiger partial charge in [0.1, 0.15) is 5.76 Å². The Hall–Kier alpha value is -0.830. The van der Waals surface area contributed by atoms with Crippen molar-refractivity contribution in [3.05, 3.63) is 17.5 Å². The van der Waals surface area contributed by atoms with Crippen molar-refractivity contribution in [2.45, 2.75) is 37.5 Å². The van der Waals surface area contributed by atoms with Gasteiger partial charge in [-0.25, -0.2) is 0 Å². The standard InChI is InChI=1S/C11H16N2O/c1-2-9(7-12-5-1)11-6-10(13-14-11)8-3-4-8/h6,8-9,12H,1-5,7H2. The Labute approximate surface area is 83.9 Å². The average Bonchev–Trinajstić information content (AvgIpc) is 2.98. The van der Waals surface area contributed by atoms with Crippen molar-refractivity contribution in [1.82, 2.24) is 10.5 Å². The molecule has 1 aliphatic carbocycles. The molecule has 76 valence electrons. The van der Waals surface area contributed by atoms with Crippen LogP contribution in [-0.2, 0) is 0 Å². The molecule has 0 amide bonds. The van der Waals surface area contributed by atoms with E-state index in [0.29, 0.717) is 11.8 Å². The predicted molar refractivity (Wildman–Crippen MR) is 53.3 cm³/mol. The maximum absolute atomic E-state index is 5.42. The Morgan fingerprint density at radius 1 is 1.29 bits per heavy atom. The average molecular weight is 192 g/mol. The number of aromatic nitrogens is 1. The van der Waals surface area contributed by atoms with Crippen LogP contribution < -0.4 is 5.32 Å². The third-order valence-corrected chi connectivity index (χ3v) is 3.24. The summed E-state index contributed by atoms with van der Waals surface area (Å²) in [5, 5.41) is 7.55. The second-order valence-corrected chi connectivity index (χ2v) is 4.47. The zero-order valence-electron chi connectivity index (χ0n) is 8.33. The van der Waals surface area contributed by atoms with Gasteiger partial charge in [0, 0.05) is 24.4 Å². The molecule has 1 saturated carbocycles. The van der Waals surface area contributed by atoms with Gasteiger partial charge in [0.15, 0.2) is 0 Å². The molecule has 1 aliphatic heterocycles. The van der Waals surface area contributed by atoms with E-state index in [4.69, 9.17) is 4.52 Å². The van der Waals surface area contributed by atoms with Crippen LogP contribution >= 0.6 is 0 Å². The van der Waals surface area contributed by atoms with E-state index in [1.807, 2.05) is 0 Å². The molecule has 1 N–H and O–H groups in total. The molecular formula is C11H16N2O. The van der Waals surface area contributed by atoms with Crippen LogP contribution in [0.5, 0.6) is 0 Å². The van der Waals surface area contributed by atoms with E-state index in [-0.39, 0.29) is 0 Å². The highest BCUT2D eigenvalue weighted by Gasteiger charge is 2.28. The first-order chi connectivity index (χ1) is 6.93. The number of rotatable bonds is 2. The highest BCUT2D eigenvalue weighted by Crippen LogP contribution is 2.40. The Morgan fingerprint density at radius 2 is 2.21 bits per heavy atom. The molecule has 1 aromatic rings. The maximum atomic E-state index is 5.42. The van der Waals surface area contributed by atoms with Crippen molar-refractivity contribution >= 4 is 0 Å². The minimum absolute atomic E-state index is 0.559. The molecule has 1 unspecified atom stereocenters. The van der Waals surface area contributed by atoms with Crippen molar-refractivity contribution in [3.63, 3.8) is 0 Å². The predicted octanol–water partition coefficient (Wildman–Crippen LogP) is 2.02. The number of nitrogens with one attached hydrogen (secondary N) is 1. The molecule has 3 rings (SSSR count). The molecule has 3 nitrogen and oxygen atoms in total. The van der Waals surface area contributed by atoms with Crippen LogP contribution in [0.2, 0.25) is 0 Å². The quantitative estimate of drug-likeness (QED) is 0.779. The van der Waals surface area contributed by atoms with Crippen molar-refractivity contribution < 1.29 is 4.52 Å². The number of hydrogen-bond acceptors (Lipinski definition) is 3. The van der Waals surface area contributed by atoms with E-state index in [1.165, 1.54) is 31.4 Å². The SMILES string of the molecule is c1c(C2CC2)noc1C1CCCNC1. The summed E-state index contributed by atoms with van der Waals surface area (Å²) < 4.78 is 5.42. The fraction of sp³-hybridized carbons (Fsp3) is 0.727. The Bertz CT molecular complexity index is 311. The van der Waals surface area contributed by atoms with Gasteiger partial charge in [-0.15, -0.1) is 0 Å². The van der Waals surface area contributed by atoms with Crippen LogP contribution in [0.1, 0.15) is 49.0 Å². The van der Waals surface area contributed by atoms with Gasteiger partial charge in [-0.05, 0) is 32.2 Å². The monoisotopic (exact) mass is 192 g/mol. The summed E-state index contributed by atoms with van der Waals surface area (Å²) >= 11 is 0. The molecule has 0 aromatic carbocycles. The first-order valence-electron chi connectivity index (χ1n) is 5.61. The lowest BCUT2D eigenvalue weighted by atomic mass is 9.97. The van der Waals surface area contributed by atoms with Gasteiger partial charge in [-0.3, -0.25) is 0 Å². The molecule has 1 saturated heterocycles. The van der Waals surface area contributed by atoms with Crippen LogP contribution in [0, 0.1) is 0 Å². The molecule has 1 atom stereocenters. The smallest absolute Gasteiger partial charge is 0.141 e. The lowest BCUT2D eigenvalue weighted by Crippen LogP contribution is -2.28. The molecular weight excluding hydrogens is 176 g/mol. The summed E-state index contributed by atoms with van der Waals surface area (Å²) in [6.45, 7) is 2.21. The van der Waals surface area contributed by atoms with E-state index in [1.54, 1.807) is 0 Å². The van der Waals surface area contributed by atoms with Gasteiger partial charge in [-0.1, -0.05) is 5.16 Å². The topological polar surface area (TPSA) is 38.1 Å². The Kier molecular flexibility index (Phi) is 2.05. The first kappa shape index (κ1) is 8.48. The van der Waals surface area contributed by atoms with Gasteiger partial charge >= 0.3 is 0 Å². The van der Waals surface area contributed by atoms with E-state index >= 15 is 0 Å². The van der Waals surface area contributed by atoms with Crippen LogP contribution in [0.15, 0.2) is 10.6 Å². The molecule has 2 heterocycles. The zero-order valence-corrected chi connectivity index (χ0v) is 8.33. The molecule has 14 heavy (non-hydrogen) atoms. The third-order valence-electron chi connectivity index (χ3n) is 3.24. The number of piperidine rings is 1. The van der Waals surface area contributed by atoms with E-state index in [0.717, 1.165) is 18.8 Å². The summed E-state index contributed by atoms with van der Waals surface area (Å²) in [6, 6.07) is 2.18. The summed E-state index contributed by atoms with van der Waals surface area (Å²) in [6.07, 6.45) is 5.10. The molecule has 0 bridgehead atoms. The van der Waals surface area contributed by atoms with Gasteiger partial charge in [0.05, 0.1) is 5.69 Å². The molecule has 1 aromatic heterocycles. The Morgan fingerprint density at radius 3 is 2.93 bits per heavy atom. The summed E-state index contributed by atoms with van der Waals surface area (Å²) in [7, 11) is 0. The van der Waals surface area contributed by atoms with Gasteiger partial charge in [0.2, 0.25) is 0 Å². The fourth-order valence-electron chi connectivity index (χ4n) is 2.16. The second kappa shape index (κ2) is 3.39. The third kappa shape index (κ3) is 1.57. The zero-order chi connectivity index (χ0) is 9.38. The lowest BCUT2D eigenvalue weighted by Gasteiger charge is -2.19. The van der Waals surface area contributed by atoms with Crippen LogP contribution in [0.4, 0.5) is 0 Å². The number of nitrogens with zero attached hydrogens (tertiary/aromatic N) is 1. The van der Waals surface area contributed by atoms with Crippen LogP contribution in [0.3, 0.4) is 0 Å². The summed E-state index contributed by atoms with van der Waals surface area (Å²) in [4.78, 5) is 0. The van der Waals surface area contributed by atoms with Crippen molar-refractivity contribution in [2.24, 2.45) is 0 Å².